The summed E-state index contributed by atoms with van der Waals surface area (Å²) in [5.41, 5.74) is 0.580. The van der Waals surface area contributed by atoms with Gasteiger partial charge < -0.3 is 10.1 Å². The van der Waals surface area contributed by atoms with Crippen LogP contribution in [0.4, 0.5) is 8.78 Å². The number of benzene rings is 1. The van der Waals surface area contributed by atoms with Crippen molar-refractivity contribution in [3.05, 3.63) is 28.2 Å². The zero-order chi connectivity index (χ0) is 13.8. The molecular formula is C13H17BrF2N2O. The van der Waals surface area contributed by atoms with Gasteiger partial charge in [0, 0.05) is 30.7 Å². The number of hydrogen-bond donors (Lipinski definition) is 1. The molecule has 106 valence electrons. The number of nitrogens with zero attached hydrogens (tertiary/aromatic N) is 1. The topological polar surface area (TPSA) is 24.5 Å². The van der Waals surface area contributed by atoms with Gasteiger partial charge in [-0.25, -0.2) is 8.78 Å². The predicted octanol–water partition coefficient (Wildman–Crippen LogP) is 2.67. The van der Waals surface area contributed by atoms with Crippen molar-refractivity contribution in [2.75, 3.05) is 33.3 Å². The molecule has 6 heteroatoms. The number of nitrogens with one attached hydrogen (secondary N) is 1. The van der Waals surface area contributed by atoms with E-state index in [9.17, 15) is 8.78 Å². The summed E-state index contributed by atoms with van der Waals surface area (Å²) in [5, 5.41) is 3.17. The van der Waals surface area contributed by atoms with E-state index in [1.807, 2.05) is 4.90 Å². The molecule has 1 N–H and O–H groups in total. The van der Waals surface area contributed by atoms with Crippen molar-refractivity contribution in [3.8, 4) is 5.75 Å². The van der Waals surface area contributed by atoms with Crippen molar-refractivity contribution in [2.45, 2.75) is 12.5 Å². The molecule has 19 heavy (non-hydrogen) atoms. The number of hydrogen-bond acceptors (Lipinski definition) is 3. The fourth-order valence-electron chi connectivity index (χ4n) is 2.33. The Balaban J connectivity index is 2.32. The van der Waals surface area contributed by atoms with E-state index in [0.717, 1.165) is 13.1 Å². The predicted molar refractivity (Wildman–Crippen MR) is 73.9 cm³/mol. The number of ether oxygens (including phenoxy) is 1. The van der Waals surface area contributed by atoms with Crippen LogP contribution < -0.4 is 10.1 Å². The second-order valence-corrected chi connectivity index (χ2v) is 5.31. The number of alkyl halides is 2. The SMILES string of the molecule is COc1ccc(Br)c([C@@H](C(F)F)N2CCNCC2)c1. The number of halogens is 3. The molecule has 1 aromatic carbocycles. The largest absolute Gasteiger partial charge is 0.497 e. The summed E-state index contributed by atoms with van der Waals surface area (Å²) in [5.74, 6) is 0.596. The summed E-state index contributed by atoms with van der Waals surface area (Å²) in [4.78, 5) is 1.82. The van der Waals surface area contributed by atoms with E-state index in [1.165, 1.54) is 7.11 Å². The fraction of sp³-hybridized carbons (Fsp3) is 0.538. The first-order valence-electron chi connectivity index (χ1n) is 6.20. The Labute approximate surface area is 120 Å². The van der Waals surface area contributed by atoms with Gasteiger partial charge in [0.2, 0.25) is 0 Å². The molecule has 1 aliphatic rings. The molecule has 1 atom stereocenters. The van der Waals surface area contributed by atoms with Crippen LogP contribution in [0.3, 0.4) is 0 Å². The maximum atomic E-state index is 13.5. The highest BCUT2D eigenvalue weighted by molar-refractivity contribution is 9.10. The fourth-order valence-corrected chi connectivity index (χ4v) is 2.81. The van der Waals surface area contributed by atoms with Crippen LogP contribution >= 0.6 is 15.9 Å². The Kier molecular flexibility index (Phi) is 5.13. The third-order valence-corrected chi connectivity index (χ3v) is 4.03. The Morgan fingerprint density at radius 3 is 2.58 bits per heavy atom. The van der Waals surface area contributed by atoms with Crippen molar-refractivity contribution in [3.63, 3.8) is 0 Å². The zero-order valence-electron chi connectivity index (χ0n) is 10.7. The molecule has 0 radical (unpaired) electrons. The van der Waals surface area contributed by atoms with Crippen LogP contribution in [0, 0.1) is 0 Å². The normalized spacial score (nSPS) is 18.6. The molecule has 0 aliphatic carbocycles. The van der Waals surface area contributed by atoms with Crippen LogP contribution in [-0.4, -0.2) is 44.6 Å². The second-order valence-electron chi connectivity index (χ2n) is 4.45. The molecule has 1 heterocycles. The van der Waals surface area contributed by atoms with Crippen LogP contribution in [0.15, 0.2) is 22.7 Å². The Morgan fingerprint density at radius 2 is 2.00 bits per heavy atom. The van der Waals surface area contributed by atoms with Crippen molar-refractivity contribution in [2.24, 2.45) is 0 Å². The quantitative estimate of drug-likeness (QED) is 0.916. The maximum Gasteiger partial charge on any atom is 0.258 e. The van der Waals surface area contributed by atoms with Crippen molar-refractivity contribution < 1.29 is 13.5 Å². The maximum absolute atomic E-state index is 13.5. The molecule has 0 bridgehead atoms. The standard InChI is InChI=1S/C13H17BrF2N2O/c1-19-9-2-3-11(14)10(8-9)12(13(15)16)18-6-4-17-5-7-18/h2-3,8,12-13,17H,4-7H2,1H3/t12-/m0/s1. The van der Waals surface area contributed by atoms with E-state index in [2.05, 4.69) is 21.2 Å². The summed E-state index contributed by atoms with van der Waals surface area (Å²) in [6, 6.07) is 4.30. The van der Waals surface area contributed by atoms with Crippen LogP contribution in [0.2, 0.25) is 0 Å². The van der Waals surface area contributed by atoms with E-state index in [1.54, 1.807) is 18.2 Å². The lowest BCUT2D eigenvalue weighted by molar-refractivity contribution is 0.0177. The van der Waals surface area contributed by atoms with Gasteiger partial charge in [0.1, 0.15) is 5.75 Å². The Bertz CT molecular complexity index is 425. The van der Waals surface area contributed by atoms with E-state index in [0.29, 0.717) is 28.9 Å². The van der Waals surface area contributed by atoms with E-state index >= 15 is 0 Å². The molecule has 1 fully saturated rings. The van der Waals surface area contributed by atoms with Crippen LogP contribution in [-0.2, 0) is 0 Å². The molecule has 0 amide bonds. The summed E-state index contributed by atoms with van der Waals surface area (Å²) in [7, 11) is 1.54. The molecule has 3 nitrogen and oxygen atoms in total. The number of methoxy groups -OCH3 is 1. The van der Waals surface area contributed by atoms with E-state index in [-0.39, 0.29) is 0 Å². The number of rotatable bonds is 4. The van der Waals surface area contributed by atoms with Crippen LogP contribution in [0.5, 0.6) is 5.75 Å². The minimum atomic E-state index is -2.43. The molecule has 1 saturated heterocycles. The van der Waals surface area contributed by atoms with Crippen LogP contribution in [0.25, 0.3) is 0 Å². The van der Waals surface area contributed by atoms with Gasteiger partial charge in [0.25, 0.3) is 6.43 Å². The lowest BCUT2D eigenvalue weighted by atomic mass is 10.0. The third-order valence-electron chi connectivity index (χ3n) is 3.31. The molecule has 1 aromatic rings. The van der Waals surface area contributed by atoms with Gasteiger partial charge in [-0.2, -0.15) is 0 Å². The van der Waals surface area contributed by atoms with Gasteiger partial charge in [0.15, 0.2) is 0 Å². The first kappa shape index (κ1) is 14.7. The third kappa shape index (κ3) is 3.43. The highest BCUT2D eigenvalue weighted by Gasteiger charge is 2.31. The van der Waals surface area contributed by atoms with Gasteiger partial charge >= 0.3 is 0 Å². The molecule has 0 saturated carbocycles. The Hall–Kier alpha value is -0.720. The van der Waals surface area contributed by atoms with Gasteiger partial charge in [-0.1, -0.05) is 15.9 Å². The summed E-state index contributed by atoms with van der Waals surface area (Å²) < 4.78 is 32.7. The van der Waals surface area contributed by atoms with E-state index in [4.69, 9.17) is 4.74 Å². The molecule has 0 unspecified atom stereocenters. The highest BCUT2D eigenvalue weighted by Crippen LogP contribution is 2.35. The first-order chi connectivity index (χ1) is 9.13. The molecule has 2 rings (SSSR count). The average molecular weight is 335 g/mol. The molecular weight excluding hydrogens is 318 g/mol. The van der Waals surface area contributed by atoms with Gasteiger partial charge in [0.05, 0.1) is 13.2 Å². The first-order valence-corrected chi connectivity index (χ1v) is 6.99. The second kappa shape index (κ2) is 6.63. The average Bonchev–Trinajstić information content (AvgIpc) is 2.42. The molecule has 0 aromatic heterocycles. The van der Waals surface area contributed by atoms with Crippen molar-refractivity contribution in [1.29, 1.82) is 0 Å². The smallest absolute Gasteiger partial charge is 0.258 e. The zero-order valence-corrected chi connectivity index (χ0v) is 12.3. The number of piperazine rings is 1. The van der Waals surface area contributed by atoms with Crippen molar-refractivity contribution >= 4 is 15.9 Å². The summed E-state index contributed by atoms with van der Waals surface area (Å²) in [6.07, 6.45) is -2.43. The van der Waals surface area contributed by atoms with Gasteiger partial charge in [-0.05, 0) is 23.8 Å². The van der Waals surface area contributed by atoms with Gasteiger partial charge in [-0.3, -0.25) is 4.90 Å². The lowest BCUT2D eigenvalue weighted by Crippen LogP contribution is -2.47. The minimum absolute atomic E-state index is 0.580. The molecule has 1 aliphatic heterocycles. The highest BCUT2D eigenvalue weighted by atomic mass is 79.9. The van der Waals surface area contributed by atoms with E-state index < -0.39 is 12.5 Å². The van der Waals surface area contributed by atoms with Gasteiger partial charge in [-0.15, -0.1) is 0 Å². The van der Waals surface area contributed by atoms with Crippen molar-refractivity contribution in [1.82, 2.24) is 10.2 Å². The minimum Gasteiger partial charge on any atom is -0.497 e. The Morgan fingerprint density at radius 1 is 1.32 bits per heavy atom. The lowest BCUT2D eigenvalue weighted by Gasteiger charge is -2.35. The monoisotopic (exact) mass is 334 g/mol. The summed E-state index contributed by atoms with van der Waals surface area (Å²) in [6.45, 7) is 2.73. The molecule has 0 spiro atoms. The summed E-state index contributed by atoms with van der Waals surface area (Å²) >= 11 is 3.36. The van der Waals surface area contributed by atoms with Crippen LogP contribution in [0.1, 0.15) is 11.6 Å².